The predicted molar refractivity (Wildman–Crippen MR) is 72.2 cm³/mol. The Hall–Kier alpha value is -2.29. The number of aromatic nitrogens is 2. The van der Waals surface area contributed by atoms with Crippen molar-refractivity contribution in [3.8, 4) is 11.4 Å². The number of phenolic OH excluding ortho intramolecular Hbond substituents is 1. The summed E-state index contributed by atoms with van der Waals surface area (Å²) in [4.78, 5) is 4.52. The van der Waals surface area contributed by atoms with Crippen molar-refractivity contribution < 1.29 is 5.11 Å². The van der Waals surface area contributed by atoms with E-state index in [0.29, 0.717) is 0 Å². The average molecular weight is 238 g/mol. The second-order valence-corrected chi connectivity index (χ2v) is 4.48. The molecule has 0 atom stereocenters. The number of hydrogen-bond donors (Lipinski definition) is 1. The molecule has 1 aromatic heterocycles. The van der Waals surface area contributed by atoms with Crippen molar-refractivity contribution in [2.24, 2.45) is 0 Å². The molecule has 0 unspecified atom stereocenters. The standard InChI is InChI=1S/C15H14N2O/c1-10-7-8-12-14(9-10)17(11(2)16-12)13-5-3-4-6-15(13)18/h3-9,18H,1-2H3. The Morgan fingerprint density at radius 2 is 1.83 bits per heavy atom. The molecule has 3 aromatic rings. The van der Waals surface area contributed by atoms with E-state index in [9.17, 15) is 5.11 Å². The first-order valence-electron chi connectivity index (χ1n) is 5.91. The van der Waals surface area contributed by atoms with Gasteiger partial charge in [-0.2, -0.15) is 0 Å². The Kier molecular flexibility index (Phi) is 2.33. The molecule has 90 valence electrons. The number of hydrogen-bond acceptors (Lipinski definition) is 2. The van der Waals surface area contributed by atoms with Crippen LogP contribution >= 0.6 is 0 Å². The fourth-order valence-electron chi connectivity index (χ4n) is 2.26. The lowest BCUT2D eigenvalue weighted by atomic mass is 10.2. The molecule has 3 nitrogen and oxygen atoms in total. The molecule has 3 rings (SSSR count). The van der Waals surface area contributed by atoms with Crippen LogP contribution in [-0.2, 0) is 0 Å². The Morgan fingerprint density at radius 1 is 1.06 bits per heavy atom. The fourth-order valence-corrected chi connectivity index (χ4v) is 2.26. The highest BCUT2D eigenvalue weighted by Gasteiger charge is 2.11. The molecule has 0 bridgehead atoms. The van der Waals surface area contributed by atoms with Gasteiger partial charge in [-0.25, -0.2) is 4.98 Å². The van der Waals surface area contributed by atoms with Crippen LogP contribution in [0.1, 0.15) is 11.4 Å². The fraction of sp³-hybridized carbons (Fsp3) is 0.133. The topological polar surface area (TPSA) is 38.0 Å². The molecule has 0 aliphatic carbocycles. The third-order valence-electron chi connectivity index (χ3n) is 3.10. The Bertz CT molecular complexity index is 728. The number of aromatic hydroxyl groups is 1. The molecule has 0 spiro atoms. The van der Waals surface area contributed by atoms with E-state index >= 15 is 0 Å². The number of nitrogens with zero attached hydrogens (tertiary/aromatic N) is 2. The molecule has 2 aromatic carbocycles. The Balaban J connectivity index is 2.38. The minimum Gasteiger partial charge on any atom is -0.506 e. The largest absolute Gasteiger partial charge is 0.506 e. The smallest absolute Gasteiger partial charge is 0.139 e. The lowest BCUT2D eigenvalue weighted by Gasteiger charge is -2.09. The second-order valence-electron chi connectivity index (χ2n) is 4.48. The van der Waals surface area contributed by atoms with E-state index < -0.39 is 0 Å². The molecule has 18 heavy (non-hydrogen) atoms. The summed E-state index contributed by atoms with van der Waals surface area (Å²) in [5.74, 6) is 1.14. The lowest BCUT2D eigenvalue weighted by Crippen LogP contribution is -1.97. The zero-order valence-electron chi connectivity index (χ0n) is 10.4. The monoisotopic (exact) mass is 238 g/mol. The summed E-state index contributed by atoms with van der Waals surface area (Å²) >= 11 is 0. The van der Waals surface area contributed by atoms with Gasteiger partial charge >= 0.3 is 0 Å². The van der Waals surface area contributed by atoms with Gasteiger partial charge in [0, 0.05) is 0 Å². The quantitative estimate of drug-likeness (QED) is 0.706. The van der Waals surface area contributed by atoms with Gasteiger partial charge in [-0.1, -0.05) is 18.2 Å². The summed E-state index contributed by atoms with van der Waals surface area (Å²) in [6, 6.07) is 13.5. The van der Waals surface area contributed by atoms with Crippen LogP contribution in [0.5, 0.6) is 5.75 Å². The number of phenols is 1. The first-order valence-corrected chi connectivity index (χ1v) is 5.91. The molecule has 0 fully saturated rings. The molecule has 1 heterocycles. The van der Waals surface area contributed by atoms with Gasteiger partial charge < -0.3 is 5.11 Å². The summed E-state index contributed by atoms with van der Waals surface area (Å²) in [5.41, 5.74) is 3.91. The van der Waals surface area contributed by atoms with Crippen molar-refractivity contribution in [3.63, 3.8) is 0 Å². The van der Waals surface area contributed by atoms with Crippen LogP contribution in [-0.4, -0.2) is 14.7 Å². The molecule has 0 aliphatic heterocycles. The van der Waals surface area contributed by atoms with Crippen molar-refractivity contribution in [2.75, 3.05) is 0 Å². The maximum absolute atomic E-state index is 9.99. The summed E-state index contributed by atoms with van der Waals surface area (Å²) < 4.78 is 1.98. The Labute approximate surface area is 105 Å². The van der Waals surface area contributed by atoms with E-state index in [1.807, 2.05) is 41.8 Å². The molecule has 0 amide bonds. The van der Waals surface area contributed by atoms with Gasteiger partial charge in [0.1, 0.15) is 11.6 Å². The van der Waals surface area contributed by atoms with Gasteiger partial charge in [-0.05, 0) is 43.7 Å². The molecular formula is C15H14N2O. The Morgan fingerprint density at radius 3 is 2.61 bits per heavy atom. The number of rotatable bonds is 1. The molecule has 0 saturated carbocycles. The third-order valence-corrected chi connectivity index (χ3v) is 3.10. The molecular weight excluding hydrogens is 224 g/mol. The van der Waals surface area contributed by atoms with Crippen molar-refractivity contribution in [1.29, 1.82) is 0 Å². The van der Waals surface area contributed by atoms with Crippen LogP contribution in [0.15, 0.2) is 42.5 Å². The number of imidazole rings is 1. The van der Waals surface area contributed by atoms with E-state index in [4.69, 9.17) is 0 Å². The highest BCUT2D eigenvalue weighted by Crippen LogP contribution is 2.27. The van der Waals surface area contributed by atoms with Crippen LogP contribution in [0.25, 0.3) is 16.7 Å². The van der Waals surface area contributed by atoms with Crippen LogP contribution in [0.3, 0.4) is 0 Å². The summed E-state index contributed by atoms with van der Waals surface area (Å²) in [6.45, 7) is 4.00. The predicted octanol–water partition coefficient (Wildman–Crippen LogP) is 3.35. The maximum atomic E-state index is 9.99. The molecule has 3 heteroatoms. The van der Waals surface area contributed by atoms with Crippen LogP contribution in [0.2, 0.25) is 0 Å². The van der Waals surface area contributed by atoms with E-state index in [0.717, 1.165) is 22.5 Å². The van der Waals surface area contributed by atoms with Crippen LogP contribution in [0.4, 0.5) is 0 Å². The van der Waals surface area contributed by atoms with Crippen molar-refractivity contribution in [1.82, 2.24) is 9.55 Å². The number of benzene rings is 2. The van der Waals surface area contributed by atoms with Crippen LogP contribution < -0.4 is 0 Å². The molecule has 0 saturated heterocycles. The van der Waals surface area contributed by atoms with Gasteiger partial charge in [0.05, 0.1) is 16.7 Å². The van der Waals surface area contributed by atoms with E-state index in [1.165, 1.54) is 5.56 Å². The minimum atomic E-state index is 0.265. The summed E-state index contributed by atoms with van der Waals surface area (Å²) in [7, 11) is 0. The zero-order valence-corrected chi connectivity index (χ0v) is 10.4. The average Bonchev–Trinajstić information content (AvgIpc) is 2.66. The van der Waals surface area contributed by atoms with Gasteiger partial charge in [-0.15, -0.1) is 0 Å². The highest BCUT2D eigenvalue weighted by molar-refractivity contribution is 5.79. The number of fused-ring (bicyclic) bond motifs is 1. The van der Waals surface area contributed by atoms with E-state index in [-0.39, 0.29) is 5.75 Å². The van der Waals surface area contributed by atoms with E-state index in [1.54, 1.807) is 6.07 Å². The first-order chi connectivity index (χ1) is 8.66. The van der Waals surface area contributed by atoms with Crippen molar-refractivity contribution >= 4 is 11.0 Å². The maximum Gasteiger partial charge on any atom is 0.139 e. The van der Waals surface area contributed by atoms with Crippen LogP contribution in [0, 0.1) is 13.8 Å². The first kappa shape index (κ1) is 10.8. The minimum absolute atomic E-state index is 0.265. The second kappa shape index (κ2) is 3.88. The normalized spacial score (nSPS) is 11.0. The third kappa shape index (κ3) is 1.56. The van der Waals surface area contributed by atoms with Crippen molar-refractivity contribution in [2.45, 2.75) is 13.8 Å². The summed E-state index contributed by atoms with van der Waals surface area (Å²) in [6.07, 6.45) is 0. The van der Waals surface area contributed by atoms with Gasteiger partial charge in [-0.3, -0.25) is 4.57 Å². The number of para-hydroxylation sites is 2. The highest BCUT2D eigenvalue weighted by atomic mass is 16.3. The molecule has 0 aliphatic rings. The van der Waals surface area contributed by atoms with E-state index in [2.05, 4.69) is 18.0 Å². The lowest BCUT2D eigenvalue weighted by molar-refractivity contribution is 0.472. The zero-order chi connectivity index (χ0) is 12.7. The van der Waals surface area contributed by atoms with Gasteiger partial charge in [0.15, 0.2) is 0 Å². The molecule has 1 N–H and O–H groups in total. The molecule has 0 radical (unpaired) electrons. The van der Waals surface area contributed by atoms with Crippen molar-refractivity contribution in [3.05, 3.63) is 53.9 Å². The van der Waals surface area contributed by atoms with Gasteiger partial charge in [0.2, 0.25) is 0 Å². The van der Waals surface area contributed by atoms with Gasteiger partial charge in [0.25, 0.3) is 0 Å². The SMILES string of the molecule is Cc1ccc2nc(C)n(-c3ccccc3O)c2c1. The summed E-state index contributed by atoms with van der Waals surface area (Å²) in [5, 5.41) is 9.99. The number of aryl methyl sites for hydroxylation is 2.